The first-order valence-electron chi connectivity index (χ1n) is 8.73. The van der Waals surface area contributed by atoms with Crippen molar-refractivity contribution in [2.24, 2.45) is 11.7 Å². The third kappa shape index (κ3) is 9.13. The third-order valence-electron chi connectivity index (χ3n) is 3.74. The number of hydrogen-bond acceptors (Lipinski definition) is 8. The predicted octanol–water partition coefficient (Wildman–Crippen LogP) is -1.86. The van der Waals surface area contributed by atoms with Gasteiger partial charge in [-0.15, -0.1) is 0 Å². The predicted molar refractivity (Wildman–Crippen MR) is 110 cm³/mol. The second-order valence-corrected chi connectivity index (χ2v) is 7.52. The molecule has 0 radical (unpaired) electrons. The fraction of sp³-hybridized carbons (Fsp3) is 0.750. The summed E-state index contributed by atoms with van der Waals surface area (Å²) >= 11 is 8.02. The highest BCUT2D eigenvalue weighted by Gasteiger charge is 2.31. The third-order valence-corrected chi connectivity index (χ3v) is 4.47. The Labute approximate surface area is 175 Å². The summed E-state index contributed by atoms with van der Waals surface area (Å²) in [5.41, 5.74) is 5.78. The van der Waals surface area contributed by atoms with Crippen molar-refractivity contribution in [1.82, 2.24) is 16.0 Å². The molecular weight excluding hydrogens is 408 g/mol. The number of carboxylic acids is 1. The van der Waals surface area contributed by atoms with Crippen LogP contribution in [0.2, 0.25) is 0 Å². The van der Waals surface area contributed by atoms with Crippen LogP contribution in [0, 0.1) is 5.92 Å². The van der Waals surface area contributed by atoms with Crippen molar-refractivity contribution in [2.45, 2.75) is 57.5 Å². The molecule has 0 aliphatic rings. The van der Waals surface area contributed by atoms with E-state index in [4.69, 9.17) is 10.8 Å². The topological polar surface area (TPSA) is 171 Å². The first kappa shape index (κ1) is 26.5. The lowest BCUT2D eigenvalue weighted by molar-refractivity contribution is -0.145. The molecule has 0 heterocycles. The van der Waals surface area contributed by atoms with Gasteiger partial charge in [-0.05, 0) is 19.3 Å². The molecule has 0 saturated carbocycles. The van der Waals surface area contributed by atoms with Crippen LogP contribution >= 0.6 is 25.3 Å². The molecule has 7 N–H and O–H groups in total. The zero-order valence-corrected chi connectivity index (χ0v) is 17.9. The van der Waals surface area contributed by atoms with Gasteiger partial charge in [-0.1, -0.05) is 13.8 Å². The number of carbonyl (C=O) groups is 4. The molecule has 0 aromatic carbocycles. The molecule has 0 aromatic rings. The van der Waals surface area contributed by atoms with Crippen LogP contribution in [-0.2, 0) is 19.2 Å². The fourth-order valence-electron chi connectivity index (χ4n) is 2.20. The van der Waals surface area contributed by atoms with Gasteiger partial charge in [0.15, 0.2) is 6.04 Å². The largest absolute Gasteiger partial charge is 0.480 e. The van der Waals surface area contributed by atoms with Gasteiger partial charge >= 0.3 is 5.97 Å². The van der Waals surface area contributed by atoms with Crippen LogP contribution in [0.3, 0.4) is 0 Å². The van der Waals surface area contributed by atoms with Gasteiger partial charge in [0, 0.05) is 11.5 Å². The van der Waals surface area contributed by atoms with Gasteiger partial charge in [0.25, 0.3) is 0 Å². The molecule has 5 atom stereocenters. The van der Waals surface area contributed by atoms with Crippen LogP contribution in [0.5, 0.6) is 0 Å². The number of hydrogen-bond donors (Lipinski definition) is 8. The van der Waals surface area contributed by atoms with Gasteiger partial charge in [0.2, 0.25) is 17.7 Å². The monoisotopic (exact) mass is 438 g/mol. The second kappa shape index (κ2) is 12.9. The Morgan fingerprint density at radius 3 is 1.68 bits per heavy atom. The number of amides is 3. The van der Waals surface area contributed by atoms with Crippen LogP contribution in [0.15, 0.2) is 0 Å². The molecular formula is C16H30N4O6S2. The van der Waals surface area contributed by atoms with Crippen LogP contribution in [0.25, 0.3) is 0 Å². The summed E-state index contributed by atoms with van der Waals surface area (Å²) in [7, 11) is 0. The van der Waals surface area contributed by atoms with E-state index in [2.05, 4.69) is 41.2 Å². The number of carbonyl (C=O) groups excluding carboxylic acids is 3. The Balaban J connectivity index is 4.97. The Bertz CT molecular complexity index is 561. The van der Waals surface area contributed by atoms with Gasteiger partial charge in [-0.25, -0.2) is 4.79 Å². The Kier molecular flexibility index (Phi) is 12.2. The van der Waals surface area contributed by atoms with E-state index >= 15 is 0 Å². The van der Waals surface area contributed by atoms with E-state index in [1.165, 1.54) is 6.92 Å². The molecule has 28 heavy (non-hydrogen) atoms. The minimum absolute atomic E-state index is 0.0433. The van der Waals surface area contributed by atoms with Crippen molar-refractivity contribution in [2.75, 3.05) is 11.5 Å². The van der Waals surface area contributed by atoms with Crippen molar-refractivity contribution < 1.29 is 29.4 Å². The summed E-state index contributed by atoms with van der Waals surface area (Å²) in [5, 5.41) is 25.4. The number of nitrogens with two attached hydrogens (primary N) is 1. The minimum Gasteiger partial charge on any atom is -0.480 e. The Hall–Kier alpha value is -1.50. The van der Waals surface area contributed by atoms with E-state index in [-0.39, 0.29) is 17.4 Å². The summed E-state index contributed by atoms with van der Waals surface area (Å²) in [6, 6.07) is -4.56. The van der Waals surface area contributed by atoms with Crippen molar-refractivity contribution in [3.63, 3.8) is 0 Å². The van der Waals surface area contributed by atoms with E-state index < -0.39 is 54.0 Å². The summed E-state index contributed by atoms with van der Waals surface area (Å²) in [5.74, 6) is -3.46. The highest BCUT2D eigenvalue weighted by molar-refractivity contribution is 7.80. The summed E-state index contributed by atoms with van der Waals surface area (Å²) in [4.78, 5) is 47.8. The highest BCUT2D eigenvalue weighted by atomic mass is 32.1. The van der Waals surface area contributed by atoms with Crippen molar-refractivity contribution in [3.8, 4) is 0 Å². The maximum atomic E-state index is 12.4. The number of aliphatic hydroxyl groups excluding tert-OH is 1. The molecule has 3 amide bonds. The zero-order valence-electron chi connectivity index (χ0n) is 16.1. The lowest BCUT2D eigenvalue weighted by Gasteiger charge is -2.24. The molecule has 0 fully saturated rings. The van der Waals surface area contributed by atoms with Gasteiger partial charge in [-0.3, -0.25) is 14.4 Å². The molecule has 0 saturated heterocycles. The molecule has 0 rings (SSSR count). The van der Waals surface area contributed by atoms with E-state index in [1.54, 1.807) is 0 Å². The normalized spacial score (nSPS) is 16.4. The molecule has 5 unspecified atom stereocenters. The molecule has 12 heteroatoms. The van der Waals surface area contributed by atoms with Crippen LogP contribution in [0.4, 0.5) is 0 Å². The Morgan fingerprint density at radius 1 is 0.893 bits per heavy atom. The average Bonchev–Trinajstić information content (AvgIpc) is 2.59. The SMILES string of the molecule is CC(C)CC(N)C(=O)NC(CS)C(=O)NC(CS)C(=O)NC(C(=O)O)C(C)O. The average molecular weight is 439 g/mol. The smallest absolute Gasteiger partial charge is 0.328 e. The quantitative estimate of drug-likeness (QED) is 0.165. The maximum Gasteiger partial charge on any atom is 0.328 e. The first-order chi connectivity index (χ1) is 12.9. The summed E-state index contributed by atoms with van der Waals surface area (Å²) in [6.45, 7) is 5.02. The van der Waals surface area contributed by atoms with E-state index in [9.17, 15) is 24.3 Å². The molecule has 0 spiro atoms. The number of aliphatic carboxylic acids is 1. The molecule has 0 bridgehead atoms. The number of aliphatic hydroxyl groups is 1. The number of nitrogens with one attached hydrogen (secondary N) is 3. The summed E-state index contributed by atoms with van der Waals surface area (Å²) in [6.07, 6.45) is -0.908. The van der Waals surface area contributed by atoms with E-state index in [1.807, 2.05) is 13.8 Å². The van der Waals surface area contributed by atoms with Gasteiger partial charge in [0.1, 0.15) is 12.1 Å². The molecule has 0 aliphatic carbocycles. The first-order valence-corrected chi connectivity index (χ1v) is 10.00. The molecule has 0 aromatic heterocycles. The van der Waals surface area contributed by atoms with Crippen molar-refractivity contribution in [3.05, 3.63) is 0 Å². The fourth-order valence-corrected chi connectivity index (χ4v) is 2.71. The second-order valence-electron chi connectivity index (χ2n) is 6.79. The maximum absolute atomic E-state index is 12.4. The van der Waals surface area contributed by atoms with Crippen LogP contribution in [-0.4, -0.2) is 75.7 Å². The van der Waals surface area contributed by atoms with E-state index in [0.29, 0.717) is 6.42 Å². The van der Waals surface area contributed by atoms with Gasteiger partial charge < -0.3 is 31.9 Å². The molecule has 0 aliphatic heterocycles. The minimum atomic E-state index is -1.54. The Morgan fingerprint density at radius 2 is 1.32 bits per heavy atom. The molecule has 162 valence electrons. The van der Waals surface area contributed by atoms with Crippen molar-refractivity contribution in [1.29, 1.82) is 0 Å². The van der Waals surface area contributed by atoms with Crippen LogP contribution < -0.4 is 21.7 Å². The standard InChI is InChI=1S/C16H30N4O6S2/c1-7(2)4-9(17)13(22)18-10(5-27)14(23)19-11(6-28)15(24)20-12(8(3)21)16(25)26/h7-12,21,27-28H,4-6,17H2,1-3H3,(H,18,22)(H,19,23)(H,20,24)(H,25,26). The van der Waals surface area contributed by atoms with Gasteiger partial charge in [0.05, 0.1) is 12.1 Å². The summed E-state index contributed by atoms with van der Waals surface area (Å²) < 4.78 is 0. The number of rotatable bonds is 12. The van der Waals surface area contributed by atoms with Crippen LogP contribution in [0.1, 0.15) is 27.2 Å². The number of thiol groups is 2. The van der Waals surface area contributed by atoms with Crippen molar-refractivity contribution >= 4 is 48.9 Å². The number of carboxylic acid groups (broad SMARTS) is 1. The highest BCUT2D eigenvalue weighted by Crippen LogP contribution is 2.04. The molecule has 10 nitrogen and oxygen atoms in total. The lowest BCUT2D eigenvalue weighted by atomic mass is 10.0. The lowest BCUT2D eigenvalue weighted by Crippen LogP contribution is -2.59. The zero-order chi connectivity index (χ0) is 22.0. The van der Waals surface area contributed by atoms with Gasteiger partial charge in [-0.2, -0.15) is 25.3 Å². The van der Waals surface area contributed by atoms with E-state index in [0.717, 1.165) is 0 Å².